The van der Waals surface area contributed by atoms with Crippen molar-refractivity contribution in [2.75, 3.05) is 6.54 Å². The van der Waals surface area contributed by atoms with Crippen LogP contribution >= 0.6 is 0 Å². The Labute approximate surface area is 249 Å². The SMILES string of the molecule is Cc1ccc(C(C(=O)NC(Cc2ccccc2)C(=O)OC(C)(C)C)N(C(=O)CNC(=O)OC(C)(C)C)C2CC2C)cc1. The van der Waals surface area contributed by atoms with Gasteiger partial charge in [-0.2, -0.15) is 0 Å². The predicted octanol–water partition coefficient (Wildman–Crippen LogP) is 4.87. The minimum Gasteiger partial charge on any atom is -0.458 e. The van der Waals surface area contributed by atoms with Crippen LogP contribution in [0.2, 0.25) is 0 Å². The van der Waals surface area contributed by atoms with Gasteiger partial charge in [-0.3, -0.25) is 9.59 Å². The molecule has 3 amide bonds. The first-order valence-corrected chi connectivity index (χ1v) is 14.5. The lowest BCUT2D eigenvalue weighted by Gasteiger charge is -2.33. The topological polar surface area (TPSA) is 114 Å². The van der Waals surface area contributed by atoms with Gasteiger partial charge in [-0.25, -0.2) is 9.59 Å². The molecule has 0 bridgehead atoms. The molecule has 9 heteroatoms. The quantitative estimate of drug-likeness (QED) is 0.389. The Morgan fingerprint density at radius 2 is 1.48 bits per heavy atom. The highest BCUT2D eigenvalue weighted by atomic mass is 16.6. The molecule has 0 saturated heterocycles. The van der Waals surface area contributed by atoms with Gasteiger partial charge in [0, 0.05) is 12.5 Å². The van der Waals surface area contributed by atoms with E-state index in [1.54, 1.807) is 41.5 Å². The van der Waals surface area contributed by atoms with E-state index in [9.17, 15) is 19.2 Å². The van der Waals surface area contributed by atoms with E-state index >= 15 is 0 Å². The van der Waals surface area contributed by atoms with Gasteiger partial charge in [0.2, 0.25) is 11.8 Å². The van der Waals surface area contributed by atoms with E-state index in [-0.39, 0.29) is 24.9 Å². The number of benzene rings is 2. The Balaban J connectivity index is 1.94. The second kappa shape index (κ2) is 13.4. The molecular formula is C33H45N3O6. The van der Waals surface area contributed by atoms with Crippen molar-refractivity contribution < 1.29 is 28.7 Å². The fourth-order valence-electron chi connectivity index (χ4n) is 4.62. The van der Waals surface area contributed by atoms with E-state index in [4.69, 9.17) is 9.47 Å². The minimum absolute atomic E-state index is 0.169. The highest BCUT2D eigenvalue weighted by Crippen LogP contribution is 2.40. The molecule has 1 fully saturated rings. The third-order valence-electron chi connectivity index (χ3n) is 6.71. The average Bonchev–Trinajstić information content (AvgIpc) is 3.60. The Bertz CT molecular complexity index is 1250. The van der Waals surface area contributed by atoms with Gasteiger partial charge in [0.05, 0.1) is 0 Å². The van der Waals surface area contributed by atoms with Crippen LogP contribution in [0.25, 0.3) is 0 Å². The van der Waals surface area contributed by atoms with E-state index in [0.717, 1.165) is 11.1 Å². The summed E-state index contributed by atoms with van der Waals surface area (Å²) in [7, 11) is 0. The van der Waals surface area contributed by atoms with Gasteiger partial charge in [-0.15, -0.1) is 0 Å². The molecule has 0 aliphatic heterocycles. The molecule has 4 unspecified atom stereocenters. The van der Waals surface area contributed by atoms with E-state index in [1.165, 1.54) is 4.90 Å². The molecule has 3 rings (SSSR count). The number of nitrogens with one attached hydrogen (secondary N) is 2. The standard InChI is InChI=1S/C33H45N3O6/c1-21-14-16-24(17-15-21)28(36(26-18-22(26)2)27(37)20-34-31(40)42-33(6,7)8)29(38)35-25(30(39)41-32(3,4)5)19-23-12-10-9-11-13-23/h9-17,22,25-26,28H,18-20H2,1-8H3,(H,34,40)(H,35,38). The van der Waals surface area contributed by atoms with Crippen molar-refractivity contribution in [3.05, 3.63) is 71.3 Å². The van der Waals surface area contributed by atoms with Crippen LogP contribution < -0.4 is 10.6 Å². The molecule has 42 heavy (non-hydrogen) atoms. The van der Waals surface area contributed by atoms with Gasteiger partial charge in [-0.05, 0) is 71.9 Å². The number of nitrogens with zero attached hydrogens (tertiary/aromatic N) is 1. The maximum absolute atomic E-state index is 14.2. The van der Waals surface area contributed by atoms with E-state index < -0.39 is 47.2 Å². The number of carbonyl (C=O) groups excluding carboxylic acids is 4. The van der Waals surface area contributed by atoms with Crippen LogP contribution in [-0.2, 0) is 30.3 Å². The van der Waals surface area contributed by atoms with Crippen LogP contribution in [0.4, 0.5) is 4.79 Å². The van der Waals surface area contributed by atoms with Crippen LogP contribution in [-0.4, -0.2) is 58.6 Å². The monoisotopic (exact) mass is 579 g/mol. The first kappa shape index (κ1) is 32.6. The van der Waals surface area contributed by atoms with E-state index in [1.807, 2.05) is 68.4 Å². The van der Waals surface area contributed by atoms with E-state index in [2.05, 4.69) is 10.6 Å². The second-order valence-electron chi connectivity index (χ2n) is 13.0. The Kier molecular flexibility index (Phi) is 10.4. The van der Waals surface area contributed by atoms with Gasteiger partial charge in [0.1, 0.15) is 29.8 Å². The van der Waals surface area contributed by atoms with Gasteiger partial charge in [0.15, 0.2) is 0 Å². The summed E-state index contributed by atoms with van der Waals surface area (Å²) >= 11 is 0. The number of ether oxygens (including phenoxy) is 2. The molecule has 228 valence electrons. The molecular weight excluding hydrogens is 534 g/mol. The lowest BCUT2D eigenvalue weighted by Crippen LogP contribution is -2.53. The van der Waals surface area contributed by atoms with Crippen LogP contribution in [0.5, 0.6) is 0 Å². The van der Waals surface area contributed by atoms with Gasteiger partial charge < -0.3 is 25.0 Å². The fourth-order valence-corrected chi connectivity index (χ4v) is 4.62. The second-order valence-corrected chi connectivity index (χ2v) is 13.0. The van der Waals surface area contributed by atoms with Crippen LogP contribution in [0.15, 0.2) is 54.6 Å². The molecule has 2 N–H and O–H groups in total. The van der Waals surface area contributed by atoms with Crippen LogP contribution in [0.1, 0.15) is 77.6 Å². The average molecular weight is 580 g/mol. The number of carbonyl (C=O) groups is 4. The lowest BCUT2D eigenvalue weighted by atomic mass is 10.00. The van der Waals surface area contributed by atoms with Crippen LogP contribution in [0.3, 0.4) is 0 Å². The summed E-state index contributed by atoms with van der Waals surface area (Å²) < 4.78 is 11.0. The number of hydrogen-bond acceptors (Lipinski definition) is 6. The molecule has 9 nitrogen and oxygen atoms in total. The highest BCUT2D eigenvalue weighted by molar-refractivity contribution is 5.93. The largest absolute Gasteiger partial charge is 0.458 e. The van der Waals surface area contributed by atoms with Gasteiger partial charge >= 0.3 is 12.1 Å². The van der Waals surface area contributed by atoms with E-state index in [0.29, 0.717) is 12.0 Å². The van der Waals surface area contributed by atoms with Gasteiger partial charge in [0.25, 0.3) is 0 Å². The van der Waals surface area contributed by atoms with Crippen molar-refractivity contribution in [2.45, 2.75) is 97.6 Å². The van der Waals surface area contributed by atoms with Crippen molar-refractivity contribution in [1.82, 2.24) is 15.5 Å². The molecule has 1 saturated carbocycles. The number of esters is 1. The summed E-state index contributed by atoms with van der Waals surface area (Å²) in [6, 6.07) is 14.5. The maximum atomic E-state index is 14.2. The Hall–Kier alpha value is -3.88. The summed E-state index contributed by atoms with van der Waals surface area (Å²) in [6.07, 6.45) is 0.215. The minimum atomic E-state index is -1.03. The molecule has 0 heterocycles. The third kappa shape index (κ3) is 9.89. The Morgan fingerprint density at radius 3 is 2.00 bits per heavy atom. The fraction of sp³-hybridized carbons (Fsp3) is 0.515. The molecule has 2 aromatic rings. The number of hydrogen-bond donors (Lipinski definition) is 2. The summed E-state index contributed by atoms with van der Waals surface area (Å²) in [6.45, 7) is 14.1. The summed E-state index contributed by atoms with van der Waals surface area (Å²) in [4.78, 5) is 55.1. The van der Waals surface area contributed by atoms with Crippen molar-refractivity contribution in [3.8, 4) is 0 Å². The molecule has 1 aliphatic carbocycles. The van der Waals surface area contributed by atoms with Crippen LogP contribution in [0, 0.1) is 12.8 Å². The molecule has 1 aliphatic rings. The lowest BCUT2D eigenvalue weighted by molar-refractivity contribution is -0.159. The molecule has 0 radical (unpaired) electrons. The summed E-state index contributed by atoms with van der Waals surface area (Å²) in [5.41, 5.74) is 0.970. The molecule has 2 aromatic carbocycles. The first-order valence-electron chi connectivity index (χ1n) is 14.5. The Morgan fingerprint density at radius 1 is 0.905 bits per heavy atom. The number of amides is 3. The normalized spacial score (nSPS) is 17.8. The predicted molar refractivity (Wildman–Crippen MR) is 160 cm³/mol. The molecule has 4 atom stereocenters. The zero-order valence-electron chi connectivity index (χ0n) is 26.0. The molecule has 0 spiro atoms. The highest BCUT2D eigenvalue weighted by Gasteiger charge is 2.47. The van der Waals surface area contributed by atoms with Crippen molar-refractivity contribution in [3.63, 3.8) is 0 Å². The zero-order valence-corrected chi connectivity index (χ0v) is 26.0. The maximum Gasteiger partial charge on any atom is 0.408 e. The smallest absolute Gasteiger partial charge is 0.408 e. The number of aryl methyl sites for hydroxylation is 1. The third-order valence-corrected chi connectivity index (χ3v) is 6.71. The number of alkyl carbamates (subject to hydrolysis) is 1. The summed E-state index contributed by atoms with van der Waals surface area (Å²) in [5.74, 6) is -1.32. The van der Waals surface area contributed by atoms with Crippen molar-refractivity contribution >= 4 is 23.9 Å². The zero-order chi connectivity index (χ0) is 31.2. The summed E-state index contributed by atoms with van der Waals surface area (Å²) in [5, 5.41) is 5.44. The first-order chi connectivity index (χ1) is 19.5. The molecule has 0 aromatic heterocycles. The van der Waals surface area contributed by atoms with Crippen molar-refractivity contribution in [1.29, 1.82) is 0 Å². The number of rotatable bonds is 10. The van der Waals surface area contributed by atoms with Gasteiger partial charge in [-0.1, -0.05) is 67.1 Å². The van der Waals surface area contributed by atoms with Crippen molar-refractivity contribution in [2.24, 2.45) is 5.92 Å².